The van der Waals surface area contributed by atoms with Gasteiger partial charge in [-0.15, -0.1) is 0 Å². The normalized spacial score (nSPS) is 12.4. The lowest BCUT2D eigenvalue weighted by Crippen LogP contribution is -2.44. The van der Waals surface area contributed by atoms with Gasteiger partial charge in [0.05, 0.1) is 21.8 Å². The molecule has 1 aliphatic rings. The van der Waals surface area contributed by atoms with Gasteiger partial charge in [-0.25, -0.2) is 0 Å². The fourth-order valence-electron chi connectivity index (χ4n) is 4.14. The summed E-state index contributed by atoms with van der Waals surface area (Å²) in [6, 6.07) is 26.0. The number of halogens is 2. The second kappa shape index (κ2) is 10.0. The van der Waals surface area contributed by atoms with E-state index in [1.165, 1.54) is 23.1 Å². The van der Waals surface area contributed by atoms with E-state index in [9.17, 15) is 19.2 Å². The van der Waals surface area contributed by atoms with Crippen molar-refractivity contribution in [2.75, 3.05) is 11.6 Å². The molecule has 1 aliphatic heterocycles. The van der Waals surface area contributed by atoms with Crippen molar-refractivity contribution in [3.63, 3.8) is 0 Å². The van der Waals surface area contributed by atoms with Gasteiger partial charge in [-0.05, 0) is 42.5 Å². The molecule has 182 valence electrons. The highest BCUT2D eigenvalue weighted by Crippen LogP contribution is 2.32. The van der Waals surface area contributed by atoms with Crippen LogP contribution >= 0.6 is 23.2 Å². The number of carbonyl (C=O) groups is 4. The third-order valence-corrected chi connectivity index (χ3v) is 6.57. The van der Waals surface area contributed by atoms with Gasteiger partial charge in [0.1, 0.15) is 6.67 Å². The largest absolute Gasteiger partial charge is 0.289 e. The number of carbonyl (C=O) groups excluding carboxylic acids is 4. The first kappa shape index (κ1) is 24.4. The fourth-order valence-corrected chi connectivity index (χ4v) is 4.65. The molecular weight excluding hydrogens is 511 g/mol. The minimum absolute atomic E-state index is 0.174. The van der Waals surface area contributed by atoms with E-state index in [-0.39, 0.29) is 39.9 Å². The van der Waals surface area contributed by atoms with Crippen LogP contribution in [0.15, 0.2) is 97.1 Å². The summed E-state index contributed by atoms with van der Waals surface area (Å²) in [6.45, 7) is -0.364. The molecule has 4 aromatic rings. The molecule has 0 aliphatic carbocycles. The lowest BCUT2D eigenvalue weighted by molar-refractivity contribution is 0.0650. The van der Waals surface area contributed by atoms with E-state index >= 15 is 0 Å². The molecule has 8 heteroatoms. The highest BCUT2D eigenvalue weighted by atomic mass is 35.5. The molecule has 37 heavy (non-hydrogen) atoms. The van der Waals surface area contributed by atoms with Crippen molar-refractivity contribution in [3.05, 3.63) is 135 Å². The van der Waals surface area contributed by atoms with E-state index in [1.807, 2.05) is 6.07 Å². The number of hydrogen-bond acceptors (Lipinski definition) is 4. The molecule has 4 aromatic carbocycles. The number of fused-ring (bicyclic) bond motifs is 1. The predicted octanol–water partition coefficient (Wildman–Crippen LogP) is 6.12. The Kier molecular flexibility index (Phi) is 6.61. The van der Waals surface area contributed by atoms with Crippen LogP contribution in [0, 0.1) is 0 Å². The molecule has 0 atom stereocenters. The van der Waals surface area contributed by atoms with Gasteiger partial charge in [0.25, 0.3) is 17.7 Å². The number of anilines is 1. The van der Waals surface area contributed by atoms with Gasteiger partial charge < -0.3 is 0 Å². The molecule has 0 bridgehead atoms. The maximum absolute atomic E-state index is 13.7. The number of benzene rings is 4. The number of imide groups is 1. The van der Waals surface area contributed by atoms with Crippen molar-refractivity contribution < 1.29 is 19.2 Å². The van der Waals surface area contributed by atoms with Crippen molar-refractivity contribution in [3.8, 4) is 0 Å². The average molecular weight is 529 g/mol. The van der Waals surface area contributed by atoms with Crippen LogP contribution in [-0.2, 0) is 0 Å². The SMILES string of the molecule is O=C(c1ccccc1)c1ccc(C(=O)N(CN2C(=O)c3ccccc3C2=O)c2ccc(Cl)cc2Cl)cc1. The summed E-state index contributed by atoms with van der Waals surface area (Å²) in [7, 11) is 0. The lowest BCUT2D eigenvalue weighted by Gasteiger charge is -2.28. The quantitative estimate of drug-likeness (QED) is 0.223. The third-order valence-electron chi connectivity index (χ3n) is 6.04. The highest BCUT2D eigenvalue weighted by molar-refractivity contribution is 6.37. The van der Waals surface area contributed by atoms with Gasteiger partial charge in [-0.2, -0.15) is 0 Å². The van der Waals surface area contributed by atoms with Crippen LogP contribution in [0.4, 0.5) is 5.69 Å². The molecule has 0 radical (unpaired) electrons. The van der Waals surface area contributed by atoms with E-state index in [0.29, 0.717) is 16.1 Å². The van der Waals surface area contributed by atoms with Crippen molar-refractivity contribution >= 4 is 52.4 Å². The molecule has 0 spiro atoms. The Labute approximate surface area is 222 Å². The second-order valence-electron chi connectivity index (χ2n) is 8.33. The Hall–Kier alpha value is -4.26. The maximum atomic E-state index is 13.7. The van der Waals surface area contributed by atoms with Crippen LogP contribution in [0.3, 0.4) is 0 Å². The van der Waals surface area contributed by atoms with Crippen molar-refractivity contribution in [1.29, 1.82) is 0 Å². The molecule has 0 N–H and O–H groups in total. The van der Waals surface area contributed by atoms with Crippen molar-refractivity contribution in [2.45, 2.75) is 0 Å². The zero-order valence-electron chi connectivity index (χ0n) is 19.2. The number of hydrogen-bond donors (Lipinski definition) is 0. The van der Waals surface area contributed by atoms with Crippen molar-refractivity contribution in [2.24, 2.45) is 0 Å². The number of ketones is 1. The summed E-state index contributed by atoms with van der Waals surface area (Å²) in [4.78, 5) is 54.7. The zero-order valence-corrected chi connectivity index (χ0v) is 20.7. The second-order valence-corrected chi connectivity index (χ2v) is 9.17. The summed E-state index contributed by atoms with van der Waals surface area (Å²) in [6.07, 6.45) is 0. The summed E-state index contributed by atoms with van der Waals surface area (Å²) in [5, 5.41) is 0.541. The molecule has 0 fully saturated rings. The highest BCUT2D eigenvalue weighted by Gasteiger charge is 2.37. The molecule has 5 rings (SSSR count). The average Bonchev–Trinajstić information content (AvgIpc) is 3.16. The van der Waals surface area contributed by atoms with Gasteiger partial charge in [0.15, 0.2) is 5.78 Å². The minimum Gasteiger partial charge on any atom is -0.289 e. The first-order valence-electron chi connectivity index (χ1n) is 11.3. The topological polar surface area (TPSA) is 74.8 Å². The van der Waals surface area contributed by atoms with Gasteiger partial charge in [0.2, 0.25) is 0 Å². The monoisotopic (exact) mass is 528 g/mol. The summed E-state index contributed by atoms with van der Waals surface area (Å²) in [5.41, 5.74) is 2.00. The van der Waals surface area contributed by atoms with Crippen LogP contribution in [0.2, 0.25) is 10.0 Å². The predicted molar refractivity (Wildman–Crippen MR) is 141 cm³/mol. The van der Waals surface area contributed by atoms with Gasteiger partial charge in [-0.1, -0.05) is 77.8 Å². The smallest absolute Gasteiger partial charge is 0.263 e. The van der Waals surface area contributed by atoms with E-state index in [1.54, 1.807) is 72.8 Å². The first-order valence-corrected chi connectivity index (χ1v) is 12.0. The van der Waals surface area contributed by atoms with Crippen LogP contribution < -0.4 is 4.90 Å². The van der Waals surface area contributed by atoms with E-state index < -0.39 is 17.7 Å². The molecule has 6 nitrogen and oxygen atoms in total. The molecule has 0 saturated heterocycles. The van der Waals surface area contributed by atoms with Gasteiger partial charge >= 0.3 is 0 Å². The van der Waals surface area contributed by atoms with E-state index in [4.69, 9.17) is 23.2 Å². The molecule has 0 aromatic heterocycles. The Morgan fingerprint density at radius 1 is 0.676 bits per heavy atom. The zero-order chi connectivity index (χ0) is 26.1. The molecule has 3 amide bonds. The summed E-state index contributed by atoms with van der Waals surface area (Å²) in [5.74, 6) is -1.71. The van der Waals surface area contributed by atoms with Crippen molar-refractivity contribution in [1.82, 2.24) is 4.90 Å². The standard InChI is InChI=1S/C29H18Cl2N2O4/c30-21-14-15-25(24(31)16-21)32(17-33-28(36)22-8-4-5-9-23(22)29(33)37)27(35)20-12-10-19(11-13-20)26(34)18-6-2-1-3-7-18/h1-16H,17H2. The Bertz CT molecular complexity index is 1520. The van der Waals surface area contributed by atoms with Crippen LogP contribution in [0.1, 0.15) is 47.0 Å². The molecular formula is C29H18Cl2N2O4. The number of rotatable bonds is 6. The Morgan fingerprint density at radius 3 is 1.81 bits per heavy atom. The van der Waals surface area contributed by atoms with Crippen LogP contribution in [-0.4, -0.2) is 35.1 Å². The molecule has 0 saturated carbocycles. The van der Waals surface area contributed by atoms with E-state index in [2.05, 4.69) is 0 Å². The lowest BCUT2D eigenvalue weighted by atomic mass is 10.0. The number of amides is 3. The van der Waals surface area contributed by atoms with Gasteiger partial charge in [0, 0.05) is 21.7 Å². The molecule has 0 unspecified atom stereocenters. The Balaban J connectivity index is 1.48. The molecule has 1 heterocycles. The summed E-state index contributed by atoms with van der Waals surface area (Å²) < 4.78 is 0. The van der Waals surface area contributed by atoms with Gasteiger partial charge in [-0.3, -0.25) is 29.0 Å². The Morgan fingerprint density at radius 2 is 1.22 bits per heavy atom. The van der Waals surface area contributed by atoms with Crippen LogP contribution in [0.5, 0.6) is 0 Å². The maximum Gasteiger partial charge on any atom is 0.263 e. The minimum atomic E-state index is -0.514. The fraction of sp³-hybridized carbons (Fsp3) is 0.0345. The first-order chi connectivity index (χ1) is 17.8. The van der Waals surface area contributed by atoms with Crippen LogP contribution in [0.25, 0.3) is 0 Å². The third kappa shape index (κ3) is 4.65. The number of nitrogens with zero attached hydrogens (tertiary/aromatic N) is 2. The summed E-state index contributed by atoms with van der Waals surface area (Å²) >= 11 is 12.5. The van der Waals surface area contributed by atoms with E-state index in [0.717, 1.165) is 4.90 Å².